The third kappa shape index (κ3) is 3.67. The Morgan fingerprint density at radius 2 is 2.06 bits per heavy atom. The summed E-state index contributed by atoms with van der Waals surface area (Å²) in [4.78, 5) is 13.4. The van der Waals surface area contributed by atoms with Crippen LogP contribution in [0, 0.1) is 5.92 Å². The maximum atomic E-state index is 11.6. The summed E-state index contributed by atoms with van der Waals surface area (Å²) >= 11 is 0. The van der Waals surface area contributed by atoms with Gasteiger partial charge in [0, 0.05) is 25.0 Å². The number of carbonyl (C=O) groups excluding carboxylic acids is 1. The molecule has 0 aromatic heterocycles. The fourth-order valence-electron chi connectivity index (χ4n) is 1.83. The summed E-state index contributed by atoms with van der Waals surface area (Å²) in [5.41, 5.74) is 5.59. The summed E-state index contributed by atoms with van der Waals surface area (Å²) in [6.45, 7) is 9.26. The third-order valence-electron chi connectivity index (χ3n) is 2.79. The normalized spacial score (nSPS) is 19.2. The van der Waals surface area contributed by atoms with Crippen LogP contribution in [0.2, 0.25) is 0 Å². The third-order valence-corrected chi connectivity index (χ3v) is 2.79. The Kier molecular flexibility index (Phi) is 4.19. The van der Waals surface area contributed by atoms with Gasteiger partial charge in [0.2, 0.25) is 0 Å². The Hall–Kier alpha value is -0.770. The summed E-state index contributed by atoms with van der Waals surface area (Å²) in [5.74, 6) is 0.451. The quantitative estimate of drug-likeness (QED) is 0.803. The number of likely N-dealkylation sites (tertiary alicyclic amines) is 1. The second-order valence-corrected chi connectivity index (χ2v) is 5.60. The molecule has 1 amide bonds. The second kappa shape index (κ2) is 5.04. The number of carbonyl (C=O) groups is 1. The van der Waals surface area contributed by atoms with Gasteiger partial charge in [0.05, 0.1) is 0 Å². The van der Waals surface area contributed by atoms with E-state index in [2.05, 4.69) is 6.92 Å². The first-order valence-corrected chi connectivity index (χ1v) is 6.07. The van der Waals surface area contributed by atoms with Crippen LogP contribution in [0.5, 0.6) is 0 Å². The number of nitrogens with two attached hydrogens (primary N) is 1. The van der Waals surface area contributed by atoms with Crippen LogP contribution in [0.4, 0.5) is 4.79 Å². The Morgan fingerprint density at radius 1 is 1.50 bits per heavy atom. The minimum absolute atomic E-state index is 0.215. The largest absolute Gasteiger partial charge is 0.444 e. The lowest BCUT2D eigenvalue weighted by Crippen LogP contribution is -2.57. The van der Waals surface area contributed by atoms with Crippen molar-refractivity contribution in [2.45, 2.75) is 52.2 Å². The first kappa shape index (κ1) is 13.3. The van der Waals surface area contributed by atoms with Crippen molar-refractivity contribution in [2.75, 3.05) is 13.1 Å². The molecule has 2 N–H and O–H groups in total. The summed E-state index contributed by atoms with van der Waals surface area (Å²) in [6.07, 6.45) is 1.92. The molecule has 1 fully saturated rings. The van der Waals surface area contributed by atoms with Gasteiger partial charge in [-0.15, -0.1) is 0 Å². The van der Waals surface area contributed by atoms with Crippen LogP contribution in [0.15, 0.2) is 0 Å². The SMILES string of the molecule is CCC[C@@H](N)C1CN(C(=O)OC(C)(C)C)C1. The van der Waals surface area contributed by atoms with Gasteiger partial charge in [0.15, 0.2) is 0 Å². The van der Waals surface area contributed by atoms with Crippen LogP contribution < -0.4 is 5.73 Å². The average Bonchev–Trinajstić information content (AvgIpc) is 1.97. The maximum absolute atomic E-state index is 11.6. The molecule has 0 spiro atoms. The predicted molar refractivity (Wildman–Crippen MR) is 64.2 cm³/mol. The van der Waals surface area contributed by atoms with E-state index in [9.17, 15) is 4.79 Å². The molecule has 0 aliphatic carbocycles. The molecule has 1 aliphatic rings. The van der Waals surface area contributed by atoms with E-state index in [1.807, 2.05) is 20.8 Å². The van der Waals surface area contributed by atoms with Crippen molar-refractivity contribution in [3.05, 3.63) is 0 Å². The van der Waals surface area contributed by atoms with Crippen molar-refractivity contribution in [3.63, 3.8) is 0 Å². The molecule has 0 aromatic carbocycles. The zero-order valence-corrected chi connectivity index (χ0v) is 10.8. The fraction of sp³-hybridized carbons (Fsp3) is 0.917. The molecule has 1 saturated heterocycles. The van der Waals surface area contributed by atoms with E-state index in [0.29, 0.717) is 5.92 Å². The van der Waals surface area contributed by atoms with Gasteiger partial charge < -0.3 is 15.4 Å². The first-order valence-electron chi connectivity index (χ1n) is 6.07. The van der Waals surface area contributed by atoms with Crippen LogP contribution in [0.25, 0.3) is 0 Å². The van der Waals surface area contributed by atoms with Gasteiger partial charge in [-0.25, -0.2) is 4.79 Å². The van der Waals surface area contributed by atoms with E-state index in [-0.39, 0.29) is 12.1 Å². The first-order chi connectivity index (χ1) is 7.33. The Bertz CT molecular complexity index is 242. The van der Waals surface area contributed by atoms with Crippen molar-refractivity contribution >= 4 is 6.09 Å². The van der Waals surface area contributed by atoms with Crippen LogP contribution in [-0.2, 0) is 4.74 Å². The van der Waals surface area contributed by atoms with E-state index in [0.717, 1.165) is 25.9 Å². The van der Waals surface area contributed by atoms with Gasteiger partial charge in [-0.05, 0) is 27.2 Å². The van der Waals surface area contributed by atoms with Gasteiger partial charge >= 0.3 is 6.09 Å². The molecule has 1 aliphatic heterocycles. The van der Waals surface area contributed by atoms with E-state index in [1.54, 1.807) is 4.90 Å². The van der Waals surface area contributed by atoms with Crippen LogP contribution in [0.3, 0.4) is 0 Å². The standard InChI is InChI=1S/C12H24N2O2/c1-5-6-10(13)9-7-14(8-9)11(15)16-12(2,3)4/h9-10H,5-8,13H2,1-4H3/t10-/m1/s1. The molecule has 1 heterocycles. The highest BCUT2D eigenvalue weighted by atomic mass is 16.6. The predicted octanol–water partition coefficient (Wildman–Crippen LogP) is 1.98. The molecule has 0 aromatic rings. The van der Waals surface area contributed by atoms with Gasteiger partial charge in [0.1, 0.15) is 5.60 Å². The minimum atomic E-state index is -0.409. The fourth-order valence-corrected chi connectivity index (χ4v) is 1.83. The topological polar surface area (TPSA) is 55.6 Å². The lowest BCUT2D eigenvalue weighted by molar-refractivity contribution is -0.00502. The van der Waals surface area contributed by atoms with Gasteiger partial charge in [-0.1, -0.05) is 13.3 Å². The molecule has 0 radical (unpaired) electrons. The van der Waals surface area contributed by atoms with Gasteiger partial charge in [-0.2, -0.15) is 0 Å². The zero-order chi connectivity index (χ0) is 12.3. The molecular formula is C12H24N2O2. The monoisotopic (exact) mass is 228 g/mol. The van der Waals surface area contributed by atoms with Crippen molar-refractivity contribution in [1.29, 1.82) is 0 Å². The van der Waals surface area contributed by atoms with Gasteiger partial charge in [-0.3, -0.25) is 0 Å². The zero-order valence-electron chi connectivity index (χ0n) is 10.8. The molecule has 1 rings (SSSR count). The van der Waals surface area contributed by atoms with Crippen molar-refractivity contribution in [2.24, 2.45) is 11.7 Å². The van der Waals surface area contributed by atoms with Crippen molar-refractivity contribution in [1.82, 2.24) is 4.90 Å². The molecule has 0 unspecified atom stereocenters. The van der Waals surface area contributed by atoms with E-state index in [1.165, 1.54) is 0 Å². The van der Waals surface area contributed by atoms with E-state index < -0.39 is 5.60 Å². The van der Waals surface area contributed by atoms with Crippen LogP contribution in [0.1, 0.15) is 40.5 Å². The van der Waals surface area contributed by atoms with Crippen LogP contribution >= 0.6 is 0 Å². The molecule has 0 saturated carbocycles. The Morgan fingerprint density at radius 3 is 2.50 bits per heavy atom. The smallest absolute Gasteiger partial charge is 0.410 e. The van der Waals surface area contributed by atoms with Crippen LogP contribution in [-0.4, -0.2) is 35.7 Å². The van der Waals surface area contributed by atoms with Crippen molar-refractivity contribution in [3.8, 4) is 0 Å². The number of rotatable bonds is 3. The summed E-state index contributed by atoms with van der Waals surface area (Å²) in [5, 5.41) is 0. The van der Waals surface area contributed by atoms with E-state index in [4.69, 9.17) is 10.5 Å². The molecule has 0 bridgehead atoms. The molecule has 4 heteroatoms. The number of ether oxygens (including phenoxy) is 1. The Labute approximate surface area is 98.1 Å². The number of hydrogen-bond acceptors (Lipinski definition) is 3. The highest BCUT2D eigenvalue weighted by Gasteiger charge is 2.36. The molecule has 1 atom stereocenters. The van der Waals surface area contributed by atoms with Crippen molar-refractivity contribution < 1.29 is 9.53 Å². The maximum Gasteiger partial charge on any atom is 0.410 e. The molecule has 4 nitrogen and oxygen atoms in total. The molecule has 94 valence electrons. The van der Waals surface area contributed by atoms with E-state index >= 15 is 0 Å². The lowest BCUT2D eigenvalue weighted by atomic mass is 9.90. The summed E-state index contributed by atoms with van der Waals surface area (Å²) in [6, 6.07) is 0.226. The average molecular weight is 228 g/mol. The summed E-state index contributed by atoms with van der Waals surface area (Å²) < 4.78 is 5.28. The van der Waals surface area contributed by atoms with Gasteiger partial charge in [0.25, 0.3) is 0 Å². The minimum Gasteiger partial charge on any atom is -0.444 e. The number of nitrogens with zero attached hydrogens (tertiary/aromatic N) is 1. The second-order valence-electron chi connectivity index (χ2n) is 5.60. The summed E-state index contributed by atoms with van der Waals surface area (Å²) in [7, 11) is 0. The highest BCUT2D eigenvalue weighted by Crippen LogP contribution is 2.23. The molecule has 16 heavy (non-hydrogen) atoms. The number of hydrogen-bond donors (Lipinski definition) is 1. The lowest BCUT2D eigenvalue weighted by Gasteiger charge is -2.42. The highest BCUT2D eigenvalue weighted by molar-refractivity contribution is 5.69. The molecular weight excluding hydrogens is 204 g/mol. The Balaban J connectivity index is 2.28. The number of amides is 1.